The number of hydrogen-bond donors (Lipinski definition) is 0. The van der Waals surface area contributed by atoms with Gasteiger partial charge in [-0.1, -0.05) is 52.5 Å². The van der Waals surface area contributed by atoms with Gasteiger partial charge in [0.1, 0.15) is 5.92 Å². The highest BCUT2D eigenvalue weighted by Crippen LogP contribution is 2.49. The summed E-state index contributed by atoms with van der Waals surface area (Å²) in [5, 5.41) is 3.44. The Morgan fingerprint density at radius 2 is 1.25 bits per heavy atom. The molecule has 0 aromatic heterocycles. The Kier molecular flexibility index (Phi) is 5.56. The summed E-state index contributed by atoms with van der Waals surface area (Å²) in [6.45, 7) is 0. The number of nitrogens with zero attached hydrogens (tertiary/aromatic N) is 2. The summed E-state index contributed by atoms with van der Waals surface area (Å²) in [5.74, 6) is -1.64. The fourth-order valence-corrected chi connectivity index (χ4v) is 4.90. The van der Waals surface area contributed by atoms with E-state index in [0.29, 0.717) is 37.0 Å². The maximum atomic E-state index is 13.6. The monoisotopic (exact) mass is 506 g/mol. The van der Waals surface area contributed by atoms with Crippen LogP contribution in [0.25, 0.3) is 0 Å². The lowest BCUT2D eigenvalue weighted by Gasteiger charge is -2.29. The van der Waals surface area contributed by atoms with E-state index in [1.807, 2.05) is 0 Å². The molecule has 9 heteroatoms. The molecule has 3 atom stereocenters. The van der Waals surface area contributed by atoms with Crippen LogP contribution in [-0.4, -0.2) is 17.9 Å². The Labute approximate surface area is 203 Å². The van der Waals surface area contributed by atoms with Crippen LogP contribution in [0, 0.1) is 5.92 Å². The third-order valence-corrected chi connectivity index (χ3v) is 6.63. The van der Waals surface area contributed by atoms with Crippen LogP contribution in [0.3, 0.4) is 0 Å². The Morgan fingerprint density at radius 1 is 0.688 bits per heavy atom. The van der Waals surface area contributed by atoms with E-state index in [-0.39, 0.29) is 5.91 Å². The third-order valence-electron chi connectivity index (χ3n) is 5.56. The molecule has 2 amide bonds. The van der Waals surface area contributed by atoms with Gasteiger partial charge in [0.15, 0.2) is 6.10 Å². The predicted molar refractivity (Wildman–Crippen MR) is 125 cm³/mol. The number of amides is 2. The van der Waals surface area contributed by atoms with Crippen molar-refractivity contribution in [2.45, 2.75) is 12.1 Å². The van der Waals surface area contributed by atoms with E-state index < -0.39 is 24.0 Å². The van der Waals surface area contributed by atoms with Gasteiger partial charge in [-0.2, -0.15) is 0 Å². The molecule has 162 valence electrons. The molecule has 5 nitrogen and oxygen atoms in total. The lowest BCUT2D eigenvalue weighted by molar-refractivity contribution is -0.126. The SMILES string of the molecule is O=C1C2ON(c3ccc(Cl)cc3)C(c3ccc(Cl)cc3Cl)C2C(=O)N1c1ccc(Cl)cc1. The van der Waals surface area contributed by atoms with Crippen molar-refractivity contribution in [3.8, 4) is 0 Å². The second-order valence-corrected chi connectivity index (χ2v) is 9.17. The average molecular weight is 508 g/mol. The minimum Gasteiger partial charge on any atom is -0.273 e. The fraction of sp³-hybridized carbons (Fsp3) is 0.130. The molecule has 3 aromatic carbocycles. The van der Waals surface area contributed by atoms with E-state index in [9.17, 15) is 9.59 Å². The molecule has 0 aliphatic carbocycles. The van der Waals surface area contributed by atoms with Gasteiger partial charge in [0.25, 0.3) is 5.91 Å². The van der Waals surface area contributed by atoms with Gasteiger partial charge in [-0.05, 0) is 66.2 Å². The minimum absolute atomic E-state index is 0.371. The van der Waals surface area contributed by atoms with Crippen LogP contribution in [0.2, 0.25) is 20.1 Å². The topological polar surface area (TPSA) is 49.9 Å². The number of carbonyl (C=O) groups is 2. The van der Waals surface area contributed by atoms with E-state index >= 15 is 0 Å². The summed E-state index contributed by atoms with van der Waals surface area (Å²) in [6, 6.07) is 17.8. The highest BCUT2D eigenvalue weighted by atomic mass is 35.5. The molecule has 32 heavy (non-hydrogen) atoms. The molecule has 2 heterocycles. The molecular weight excluding hydrogens is 494 g/mol. The van der Waals surface area contributed by atoms with Gasteiger partial charge >= 0.3 is 0 Å². The largest absolute Gasteiger partial charge is 0.273 e. The minimum atomic E-state index is -1.01. The number of anilines is 2. The molecule has 3 aromatic rings. The van der Waals surface area contributed by atoms with E-state index in [0.717, 1.165) is 4.90 Å². The Bertz CT molecular complexity index is 1220. The fourth-order valence-electron chi connectivity index (χ4n) is 4.13. The first kappa shape index (κ1) is 21.6. The van der Waals surface area contributed by atoms with Crippen LogP contribution >= 0.6 is 46.4 Å². The van der Waals surface area contributed by atoms with Crippen LogP contribution in [0.1, 0.15) is 11.6 Å². The molecule has 2 fully saturated rings. The van der Waals surface area contributed by atoms with Crippen molar-refractivity contribution in [1.29, 1.82) is 0 Å². The van der Waals surface area contributed by atoms with Crippen LogP contribution in [0.5, 0.6) is 0 Å². The number of halogens is 4. The van der Waals surface area contributed by atoms with Crippen molar-refractivity contribution in [1.82, 2.24) is 0 Å². The smallest absolute Gasteiger partial charge is 0.266 e. The maximum absolute atomic E-state index is 13.6. The lowest BCUT2D eigenvalue weighted by atomic mass is 9.90. The van der Waals surface area contributed by atoms with Gasteiger partial charge in [0.2, 0.25) is 5.91 Å². The van der Waals surface area contributed by atoms with Crippen molar-refractivity contribution in [2.24, 2.45) is 5.92 Å². The summed E-state index contributed by atoms with van der Waals surface area (Å²) in [4.78, 5) is 34.0. The molecule has 3 unspecified atom stereocenters. The van der Waals surface area contributed by atoms with Crippen molar-refractivity contribution in [3.05, 3.63) is 92.4 Å². The lowest BCUT2D eigenvalue weighted by Crippen LogP contribution is -2.37. The van der Waals surface area contributed by atoms with Gasteiger partial charge in [-0.15, -0.1) is 0 Å². The Hall–Kier alpha value is -2.28. The Morgan fingerprint density at radius 3 is 1.84 bits per heavy atom. The zero-order valence-electron chi connectivity index (χ0n) is 16.2. The number of benzene rings is 3. The molecule has 2 saturated heterocycles. The van der Waals surface area contributed by atoms with Crippen molar-refractivity contribution >= 4 is 69.6 Å². The standard InChI is InChI=1S/C23H14Cl4N2O3/c24-12-1-6-15(7-2-12)28-22(30)19-20(17-10-5-14(26)11-18(17)27)29(32-21(19)23(28)31)16-8-3-13(25)4-9-16/h1-11,19-21H. The maximum Gasteiger partial charge on any atom is 0.266 e. The summed E-state index contributed by atoms with van der Waals surface area (Å²) in [6.07, 6.45) is -1.01. The third kappa shape index (κ3) is 3.54. The van der Waals surface area contributed by atoms with Crippen molar-refractivity contribution < 1.29 is 14.4 Å². The van der Waals surface area contributed by atoms with E-state index in [1.165, 1.54) is 0 Å². The molecule has 2 aliphatic rings. The summed E-state index contributed by atoms with van der Waals surface area (Å²) in [7, 11) is 0. The van der Waals surface area contributed by atoms with Crippen molar-refractivity contribution in [3.63, 3.8) is 0 Å². The molecule has 0 N–H and O–H groups in total. The number of fused-ring (bicyclic) bond motifs is 1. The molecular formula is C23H14Cl4N2O3. The van der Waals surface area contributed by atoms with Gasteiger partial charge < -0.3 is 0 Å². The first-order chi connectivity index (χ1) is 15.3. The number of carbonyl (C=O) groups excluding carboxylic acids is 2. The van der Waals surface area contributed by atoms with Crippen LogP contribution in [0.4, 0.5) is 11.4 Å². The molecule has 0 radical (unpaired) electrons. The van der Waals surface area contributed by atoms with Gasteiger partial charge in [0.05, 0.1) is 17.4 Å². The van der Waals surface area contributed by atoms with Crippen LogP contribution in [-0.2, 0) is 14.4 Å². The van der Waals surface area contributed by atoms with E-state index in [2.05, 4.69) is 0 Å². The van der Waals surface area contributed by atoms with E-state index in [4.69, 9.17) is 51.2 Å². The van der Waals surface area contributed by atoms with Crippen LogP contribution in [0.15, 0.2) is 66.7 Å². The molecule has 0 bridgehead atoms. The second-order valence-electron chi connectivity index (χ2n) is 7.45. The zero-order chi connectivity index (χ0) is 22.6. The first-order valence-corrected chi connectivity index (χ1v) is 11.2. The highest BCUT2D eigenvalue weighted by Gasteiger charge is 2.60. The highest BCUT2D eigenvalue weighted by molar-refractivity contribution is 6.35. The number of hydrogen-bond acceptors (Lipinski definition) is 4. The Balaban J connectivity index is 1.60. The number of rotatable bonds is 3. The second kappa shape index (κ2) is 8.25. The van der Waals surface area contributed by atoms with Gasteiger partial charge in [-0.25, -0.2) is 9.96 Å². The van der Waals surface area contributed by atoms with Gasteiger partial charge in [-0.3, -0.25) is 14.4 Å². The summed E-state index contributed by atoms with van der Waals surface area (Å²) < 4.78 is 0. The normalized spacial score (nSPS) is 22.6. The number of hydroxylamine groups is 1. The number of imide groups is 1. The molecule has 0 saturated carbocycles. The average Bonchev–Trinajstić information content (AvgIpc) is 3.26. The van der Waals surface area contributed by atoms with Crippen molar-refractivity contribution in [2.75, 3.05) is 9.96 Å². The van der Waals surface area contributed by atoms with E-state index in [1.54, 1.807) is 71.8 Å². The quantitative estimate of drug-likeness (QED) is 0.387. The van der Waals surface area contributed by atoms with Gasteiger partial charge in [0, 0.05) is 20.1 Å². The predicted octanol–water partition coefficient (Wildman–Crippen LogP) is 6.35. The summed E-state index contributed by atoms with van der Waals surface area (Å²) >= 11 is 24.6. The molecule has 5 rings (SSSR count). The summed E-state index contributed by atoms with van der Waals surface area (Å²) in [5.41, 5.74) is 1.69. The zero-order valence-corrected chi connectivity index (χ0v) is 19.2. The first-order valence-electron chi connectivity index (χ1n) is 9.65. The van der Waals surface area contributed by atoms with Crippen LogP contribution < -0.4 is 9.96 Å². The molecule has 2 aliphatic heterocycles. The molecule has 0 spiro atoms.